The Kier molecular flexibility index (Phi) is 6.17. The SMILES string of the molecule is CCOC(=O)CSc1nnc(NC(=O)c2ccccc2Cl)s1. The predicted molar refractivity (Wildman–Crippen MR) is 86.7 cm³/mol. The molecule has 0 aliphatic heterocycles. The minimum Gasteiger partial charge on any atom is -0.465 e. The average molecular weight is 358 g/mol. The molecular weight excluding hydrogens is 346 g/mol. The van der Waals surface area contributed by atoms with E-state index in [1.54, 1.807) is 31.2 Å². The van der Waals surface area contributed by atoms with Crippen molar-refractivity contribution < 1.29 is 14.3 Å². The normalized spacial score (nSPS) is 10.3. The molecule has 9 heteroatoms. The van der Waals surface area contributed by atoms with Crippen LogP contribution in [0, 0.1) is 0 Å². The number of nitrogens with zero attached hydrogens (tertiary/aromatic N) is 2. The summed E-state index contributed by atoms with van der Waals surface area (Å²) in [6.45, 7) is 2.09. The molecule has 0 aliphatic carbocycles. The molecule has 116 valence electrons. The van der Waals surface area contributed by atoms with Crippen molar-refractivity contribution in [1.29, 1.82) is 0 Å². The van der Waals surface area contributed by atoms with Crippen LogP contribution in [0.3, 0.4) is 0 Å². The van der Waals surface area contributed by atoms with Gasteiger partial charge in [0.2, 0.25) is 5.13 Å². The molecule has 0 spiro atoms. The molecule has 2 aromatic rings. The van der Waals surface area contributed by atoms with Gasteiger partial charge in [0.15, 0.2) is 4.34 Å². The molecule has 1 amide bonds. The average Bonchev–Trinajstić information content (AvgIpc) is 2.93. The van der Waals surface area contributed by atoms with Crippen LogP contribution in [0.1, 0.15) is 17.3 Å². The number of nitrogens with one attached hydrogen (secondary N) is 1. The second-order valence-corrected chi connectivity index (χ2v) is 6.51. The molecule has 6 nitrogen and oxygen atoms in total. The third-order valence-electron chi connectivity index (χ3n) is 2.36. The van der Waals surface area contributed by atoms with Crippen molar-refractivity contribution in [2.24, 2.45) is 0 Å². The lowest BCUT2D eigenvalue weighted by molar-refractivity contribution is -0.139. The van der Waals surface area contributed by atoms with Gasteiger partial charge in [-0.3, -0.25) is 14.9 Å². The summed E-state index contributed by atoms with van der Waals surface area (Å²) in [5.74, 6) is -0.519. The maximum absolute atomic E-state index is 12.1. The standard InChI is InChI=1S/C13H12ClN3O3S2/c1-2-20-10(18)7-21-13-17-16-12(22-13)15-11(19)8-5-3-4-6-9(8)14/h3-6H,2,7H2,1H3,(H,15,16,19). The fourth-order valence-corrected chi connectivity index (χ4v) is 3.22. The highest BCUT2D eigenvalue weighted by molar-refractivity contribution is 8.01. The minimum absolute atomic E-state index is 0.154. The number of aromatic nitrogens is 2. The van der Waals surface area contributed by atoms with Crippen LogP contribution in [-0.4, -0.2) is 34.4 Å². The number of thioether (sulfide) groups is 1. The van der Waals surface area contributed by atoms with E-state index >= 15 is 0 Å². The number of carbonyl (C=O) groups excluding carboxylic acids is 2. The van der Waals surface area contributed by atoms with E-state index in [4.69, 9.17) is 16.3 Å². The van der Waals surface area contributed by atoms with Crippen LogP contribution in [0.25, 0.3) is 0 Å². The Morgan fingerprint density at radius 3 is 2.86 bits per heavy atom. The summed E-state index contributed by atoms with van der Waals surface area (Å²) in [5.41, 5.74) is 0.361. The third-order valence-corrected chi connectivity index (χ3v) is 4.64. The van der Waals surface area contributed by atoms with Gasteiger partial charge in [-0.05, 0) is 19.1 Å². The quantitative estimate of drug-likeness (QED) is 0.486. The summed E-state index contributed by atoms with van der Waals surface area (Å²) < 4.78 is 5.39. The van der Waals surface area contributed by atoms with Crippen LogP contribution in [-0.2, 0) is 9.53 Å². The zero-order valence-corrected chi connectivity index (χ0v) is 13.9. The fraction of sp³-hybridized carbons (Fsp3) is 0.231. The van der Waals surface area contributed by atoms with E-state index in [1.165, 1.54) is 23.1 Å². The maximum atomic E-state index is 12.1. The molecular formula is C13H12ClN3O3S2. The lowest BCUT2D eigenvalue weighted by Crippen LogP contribution is -2.12. The third kappa shape index (κ3) is 4.69. The first-order chi connectivity index (χ1) is 10.6. The summed E-state index contributed by atoms with van der Waals surface area (Å²) in [4.78, 5) is 23.3. The van der Waals surface area contributed by atoms with Gasteiger partial charge >= 0.3 is 5.97 Å². The molecule has 0 fully saturated rings. The van der Waals surface area contributed by atoms with Gasteiger partial charge < -0.3 is 4.74 Å². The number of benzene rings is 1. The number of rotatable bonds is 6. The van der Waals surface area contributed by atoms with Crippen molar-refractivity contribution in [3.63, 3.8) is 0 Å². The summed E-state index contributed by atoms with van der Waals surface area (Å²) >= 11 is 8.34. The Bertz CT molecular complexity index is 678. The molecule has 0 bridgehead atoms. The van der Waals surface area contributed by atoms with E-state index in [2.05, 4.69) is 15.5 Å². The Morgan fingerprint density at radius 1 is 1.36 bits per heavy atom. The Hall–Kier alpha value is -1.64. The molecule has 0 saturated heterocycles. The largest absolute Gasteiger partial charge is 0.465 e. The lowest BCUT2D eigenvalue weighted by Gasteiger charge is -2.02. The van der Waals surface area contributed by atoms with E-state index < -0.39 is 0 Å². The maximum Gasteiger partial charge on any atom is 0.316 e. The van der Waals surface area contributed by atoms with Gasteiger partial charge in [-0.1, -0.05) is 46.8 Å². The van der Waals surface area contributed by atoms with Crippen molar-refractivity contribution in [2.75, 3.05) is 17.7 Å². The monoisotopic (exact) mass is 357 g/mol. The number of amides is 1. The highest BCUT2D eigenvalue weighted by atomic mass is 35.5. The van der Waals surface area contributed by atoms with Gasteiger partial charge in [0, 0.05) is 0 Å². The van der Waals surface area contributed by atoms with Gasteiger partial charge in [-0.15, -0.1) is 10.2 Å². The van der Waals surface area contributed by atoms with Gasteiger partial charge in [-0.2, -0.15) is 0 Å². The molecule has 22 heavy (non-hydrogen) atoms. The molecule has 0 unspecified atom stereocenters. The van der Waals surface area contributed by atoms with Crippen LogP contribution in [0.4, 0.5) is 5.13 Å². The number of ether oxygens (including phenoxy) is 1. The number of hydrogen-bond donors (Lipinski definition) is 1. The van der Waals surface area contributed by atoms with Gasteiger partial charge in [-0.25, -0.2) is 0 Å². The summed E-state index contributed by atoms with van der Waals surface area (Å²) in [5, 5.41) is 11.1. The summed E-state index contributed by atoms with van der Waals surface area (Å²) in [6.07, 6.45) is 0. The molecule has 1 N–H and O–H groups in total. The van der Waals surface area contributed by atoms with Gasteiger partial charge in [0.25, 0.3) is 5.91 Å². The number of esters is 1. The lowest BCUT2D eigenvalue weighted by atomic mass is 10.2. The first-order valence-corrected chi connectivity index (χ1v) is 8.46. The zero-order chi connectivity index (χ0) is 15.9. The molecule has 0 radical (unpaired) electrons. The first kappa shape index (κ1) is 16.7. The highest BCUT2D eigenvalue weighted by Crippen LogP contribution is 2.26. The van der Waals surface area contributed by atoms with Crippen LogP contribution >= 0.6 is 34.7 Å². The van der Waals surface area contributed by atoms with E-state index in [-0.39, 0.29) is 17.6 Å². The van der Waals surface area contributed by atoms with Crippen molar-refractivity contribution >= 4 is 51.7 Å². The Balaban J connectivity index is 1.93. The molecule has 0 saturated carbocycles. The zero-order valence-electron chi connectivity index (χ0n) is 11.5. The smallest absolute Gasteiger partial charge is 0.316 e. The molecule has 0 atom stereocenters. The Labute approximate surface area is 140 Å². The highest BCUT2D eigenvalue weighted by Gasteiger charge is 2.13. The van der Waals surface area contributed by atoms with E-state index in [9.17, 15) is 9.59 Å². The number of carbonyl (C=O) groups is 2. The van der Waals surface area contributed by atoms with Crippen molar-refractivity contribution in [3.05, 3.63) is 34.9 Å². The molecule has 1 aromatic heterocycles. The fourth-order valence-electron chi connectivity index (χ4n) is 1.45. The van der Waals surface area contributed by atoms with Crippen LogP contribution in [0.5, 0.6) is 0 Å². The number of hydrogen-bond acceptors (Lipinski definition) is 7. The van der Waals surface area contributed by atoms with Gasteiger partial charge in [0.1, 0.15) is 0 Å². The van der Waals surface area contributed by atoms with E-state index in [0.29, 0.717) is 26.7 Å². The topological polar surface area (TPSA) is 81.2 Å². The van der Waals surface area contributed by atoms with Crippen molar-refractivity contribution in [2.45, 2.75) is 11.3 Å². The van der Waals surface area contributed by atoms with E-state index in [0.717, 1.165) is 0 Å². The summed E-state index contributed by atoms with van der Waals surface area (Å²) in [7, 11) is 0. The molecule has 0 aliphatic rings. The van der Waals surface area contributed by atoms with Gasteiger partial charge in [0.05, 0.1) is 22.9 Å². The second-order valence-electron chi connectivity index (χ2n) is 3.90. The minimum atomic E-state index is -0.358. The van der Waals surface area contributed by atoms with Crippen LogP contribution < -0.4 is 5.32 Å². The molecule has 2 rings (SSSR count). The van der Waals surface area contributed by atoms with Crippen LogP contribution in [0.15, 0.2) is 28.6 Å². The van der Waals surface area contributed by atoms with Crippen LogP contribution in [0.2, 0.25) is 5.02 Å². The molecule has 1 heterocycles. The second kappa shape index (κ2) is 8.11. The number of anilines is 1. The first-order valence-electron chi connectivity index (χ1n) is 6.28. The van der Waals surface area contributed by atoms with Crippen molar-refractivity contribution in [3.8, 4) is 0 Å². The Morgan fingerprint density at radius 2 is 2.14 bits per heavy atom. The van der Waals surface area contributed by atoms with E-state index in [1.807, 2.05) is 0 Å². The summed E-state index contributed by atoms with van der Waals surface area (Å²) in [6, 6.07) is 6.72. The van der Waals surface area contributed by atoms with Crippen molar-refractivity contribution in [1.82, 2.24) is 10.2 Å². The molecule has 1 aromatic carbocycles. The number of halogens is 1. The predicted octanol–water partition coefficient (Wildman–Crippen LogP) is 3.10.